The molecular formula is C19H30N2O3S. The molecule has 5 nitrogen and oxygen atoms in total. The fourth-order valence-electron chi connectivity index (χ4n) is 4.12. The smallest absolute Gasteiger partial charge is 0.214 e. The van der Waals surface area contributed by atoms with Crippen LogP contribution in [0.15, 0.2) is 30.3 Å². The van der Waals surface area contributed by atoms with Gasteiger partial charge >= 0.3 is 0 Å². The van der Waals surface area contributed by atoms with Crippen molar-refractivity contribution in [2.45, 2.75) is 38.1 Å². The zero-order chi connectivity index (χ0) is 17.8. The molecule has 1 aromatic rings. The van der Waals surface area contributed by atoms with Gasteiger partial charge in [0.05, 0.1) is 19.0 Å². The normalized spacial score (nSPS) is 22.8. The van der Waals surface area contributed by atoms with Crippen LogP contribution < -0.4 is 0 Å². The second kappa shape index (κ2) is 8.16. The molecule has 0 amide bonds. The minimum Gasteiger partial charge on any atom is -0.379 e. The van der Waals surface area contributed by atoms with E-state index in [1.807, 2.05) is 13.0 Å². The molecular weight excluding hydrogens is 336 g/mol. The lowest BCUT2D eigenvalue weighted by atomic mass is 9.79. The molecule has 2 saturated heterocycles. The van der Waals surface area contributed by atoms with E-state index >= 15 is 0 Å². The number of rotatable bonds is 6. The summed E-state index contributed by atoms with van der Waals surface area (Å²) in [5, 5.41) is 0. The Morgan fingerprint density at radius 2 is 1.68 bits per heavy atom. The second-order valence-electron chi connectivity index (χ2n) is 7.07. The Labute approximate surface area is 152 Å². The number of nitrogens with zero attached hydrogens (tertiary/aromatic N) is 2. The van der Waals surface area contributed by atoms with Gasteiger partial charge in [0.2, 0.25) is 10.0 Å². The molecule has 25 heavy (non-hydrogen) atoms. The van der Waals surface area contributed by atoms with Gasteiger partial charge in [-0.05, 0) is 24.8 Å². The van der Waals surface area contributed by atoms with E-state index in [4.69, 9.17) is 4.74 Å². The summed E-state index contributed by atoms with van der Waals surface area (Å²) in [6.45, 7) is 6.59. The van der Waals surface area contributed by atoms with E-state index < -0.39 is 10.0 Å². The number of morpholine rings is 1. The zero-order valence-corrected chi connectivity index (χ0v) is 16.0. The lowest BCUT2D eigenvalue weighted by Gasteiger charge is -2.50. The highest BCUT2D eigenvalue weighted by Crippen LogP contribution is 2.40. The van der Waals surface area contributed by atoms with Crippen molar-refractivity contribution in [2.24, 2.45) is 0 Å². The van der Waals surface area contributed by atoms with Gasteiger partial charge in [0.15, 0.2) is 0 Å². The van der Waals surface area contributed by atoms with Crippen LogP contribution in [0.3, 0.4) is 0 Å². The molecule has 2 fully saturated rings. The Balaban J connectivity index is 1.79. The molecule has 0 unspecified atom stereocenters. The predicted octanol–water partition coefficient (Wildman–Crippen LogP) is 2.44. The fraction of sp³-hybridized carbons (Fsp3) is 0.684. The number of unbranched alkanes of at least 4 members (excludes halogenated alkanes) is 1. The molecule has 6 heteroatoms. The van der Waals surface area contributed by atoms with Crippen LogP contribution in [0.25, 0.3) is 0 Å². The highest BCUT2D eigenvalue weighted by Gasteiger charge is 2.43. The van der Waals surface area contributed by atoms with E-state index in [0.717, 1.165) is 52.0 Å². The van der Waals surface area contributed by atoms with Crippen molar-refractivity contribution in [3.63, 3.8) is 0 Å². The number of hydrogen-bond donors (Lipinski definition) is 0. The number of ether oxygens (including phenoxy) is 1. The van der Waals surface area contributed by atoms with Crippen molar-refractivity contribution in [2.75, 3.05) is 45.1 Å². The Morgan fingerprint density at radius 1 is 1.04 bits per heavy atom. The summed E-state index contributed by atoms with van der Waals surface area (Å²) in [6, 6.07) is 10.6. The first-order chi connectivity index (χ1) is 12.1. The van der Waals surface area contributed by atoms with Crippen LogP contribution in [0.2, 0.25) is 0 Å². The third-order valence-corrected chi connectivity index (χ3v) is 7.58. The van der Waals surface area contributed by atoms with Gasteiger partial charge in [0.1, 0.15) is 0 Å². The Hall–Kier alpha value is -0.950. The molecule has 140 valence electrons. The first-order valence-corrected chi connectivity index (χ1v) is 11.1. The monoisotopic (exact) mass is 366 g/mol. The highest BCUT2D eigenvalue weighted by molar-refractivity contribution is 7.89. The van der Waals surface area contributed by atoms with Crippen LogP contribution in [0.1, 0.15) is 38.2 Å². The van der Waals surface area contributed by atoms with Crippen LogP contribution in [0.4, 0.5) is 0 Å². The van der Waals surface area contributed by atoms with E-state index in [-0.39, 0.29) is 11.3 Å². The summed E-state index contributed by atoms with van der Waals surface area (Å²) >= 11 is 0. The summed E-state index contributed by atoms with van der Waals surface area (Å²) in [7, 11) is -3.12. The molecule has 0 aromatic heterocycles. The van der Waals surface area contributed by atoms with Gasteiger partial charge < -0.3 is 4.74 Å². The first-order valence-electron chi connectivity index (χ1n) is 9.45. The molecule has 0 radical (unpaired) electrons. The van der Waals surface area contributed by atoms with Crippen LogP contribution in [-0.2, 0) is 20.3 Å². The SMILES string of the molecule is CCCCS(=O)(=O)N1CCC(c2ccccc2)(N2CCOCC2)CC1. The second-order valence-corrected chi connectivity index (χ2v) is 9.15. The summed E-state index contributed by atoms with van der Waals surface area (Å²) in [5.74, 6) is 0.277. The van der Waals surface area contributed by atoms with Gasteiger partial charge in [-0.15, -0.1) is 0 Å². The molecule has 3 rings (SSSR count). The van der Waals surface area contributed by atoms with Crippen molar-refractivity contribution < 1.29 is 13.2 Å². The molecule has 0 aliphatic carbocycles. The molecule has 1 aromatic carbocycles. The summed E-state index contributed by atoms with van der Waals surface area (Å²) in [6.07, 6.45) is 3.35. The zero-order valence-electron chi connectivity index (χ0n) is 15.2. The molecule has 2 heterocycles. The van der Waals surface area contributed by atoms with Crippen LogP contribution in [0, 0.1) is 0 Å². The van der Waals surface area contributed by atoms with Gasteiger partial charge in [-0.3, -0.25) is 4.90 Å². The van der Waals surface area contributed by atoms with Crippen molar-refractivity contribution in [1.82, 2.24) is 9.21 Å². The maximum Gasteiger partial charge on any atom is 0.214 e. The maximum atomic E-state index is 12.6. The maximum absolute atomic E-state index is 12.6. The van der Waals surface area contributed by atoms with Crippen molar-refractivity contribution in [3.05, 3.63) is 35.9 Å². The van der Waals surface area contributed by atoms with E-state index in [1.54, 1.807) is 4.31 Å². The van der Waals surface area contributed by atoms with Gasteiger partial charge in [-0.1, -0.05) is 43.7 Å². The number of piperidine rings is 1. The van der Waals surface area contributed by atoms with Crippen molar-refractivity contribution in [1.29, 1.82) is 0 Å². The number of hydrogen-bond acceptors (Lipinski definition) is 4. The third kappa shape index (κ3) is 4.08. The molecule has 0 atom stereocenters. The summed E-state index contributed by atoms with van der Waals surface area (Å²) in [4.78, 5) is 2.52. The van der Waals surface area contributed by atoms with E-state index in [0.29, 0.717) is 13.1 Å². The van der Waals surface area contributed by atoms with Gasteiger partial charge in [0, 0.05) is 31.7 Å². The highest BCUT2D eigenvalue weighted by atomic mass is 32.2. The molecule has 2 aliphatic rings. The van der Waals surface area contributed by atoms with Crippen LogP contribution >= 0.6 is 0 Å². The predicted molar refractivity (Wildman–Crippen MR) is 100 cm³/mol. The van der Waals surface area contributed by atoms with Gasteiger partial charge in [-0.2, -0.15) is 0 Å². The molecule has 0 N–H and O–H groups in total. The minimum atomic E-state index is -3.12. The van der Waals surface area contributed by atoms with Crippen LogP contribution in [-0.4, -0.2) is 62.8 Å². The summed E-state index contributed by atoms with van der Waals surface area (Å²) < 4.78 is 32.4. The lowest BCUT2D eigenvalue weighted by Crippen LogP contribution is -2.57. The lowest BCUT2D eigenvalue weighted by molar-refractivity contribution is -0.0439. The number of benzene rings is 1. The summed E-state index contributed by atoms with van der Waals surface area (Å²) in [5.41, 5.74) is 1.24. The molecule has 0 spiro atoms. The van der Waals surface area contributed by atoms with Crippen molar-refractivity contribution >= 4 is 10.0 Å². The first kappa shape index (κ1) is 18.8. The Bertz CT molecular complexity index is 634. The quantitative estimate of drug-likeness (QED) is 0.776. The Morgan fingerprint density at radius 3 is 2.28 bits per heavy atom. The third-order valence-electron chi connectivity index (χ3n) is 5.63. The van der Waals surface area contributed by atoms with E-state index in [2.05, 4.69) is 29.2 Å². The largest absolute Gasteiger partial charge is 0.379 e. The van der Waals surface area contributed by atoms with Crippen molar-refractivity contribution in [3.8, 4) is 0 Å². The average Bonchev–Trinajstić information content (AvgIpc) is 2.68. The van der Waals surface area contributed by atoms with Gasteiger partial charge in [0.25, 0.3) is 0 Å². The van der Waals surface area contributed by atoms with E-state index in [9.17, 15) is 8.42 Å². The average molecular weight is 367 g/mol. The fourth-order valence-corrected chi connectivity index (χ4v) is 5.77. The van der Waals surface area contributed by atoms with Gasteiger partial charge in [-0.25, -0.2) is 12.7 Å². The molecule has 2 aliphatic heterocycles. The minimum absolute atomic E-state index is 0.0676. The molecule has 0 bridgehead atoms. The topological polar surface area (TPSA) is 49.9 Å². The number of sulfonamides is 1. The molecule has 0 saturated carbocycles. The van der Waals surface area contributed by atoms with E-state index in [1.165, 1.54) is 5.56 Å². The van der Waals surface area contributed by atoms with Crippen LogP contribution in [0.5, 0.6) is 0 Å². The Kier molecular flexibility index (Phi) is 6.15. The standard InChI is InChI=1S/C19H30N2O3S/c1-2-3-17-25(22,23)21-11-9-19(10-12-21,18-7-5-4-6-8-18)20-13-15-24-16-14-20/h4-8H,2-3,9-17H2,1H3.